The van der Waals surface area contributed by atoms with Gasteiger partial charge < -0.3 is 14.2 Å². The van der Waals surface area contributed by atoms with Gasteiger partial charge in [0.1, 0.15) is 18.9 Å². The highest BCUT2D eigenvalue weighted by atomic mass is 16.6. The monoisotopic (exact) mass is 326 g/mol. The van der Waals surface area contributed by atoms with Gasteiger partial charge in [0.05, 0.1) is 6.10 Å². The summed E-state index contributed by atoms with van der Waals surface area (Å²) in [5.41, 5.74) is -1.15. The fourth-order valence-electron chi connectivity index (χ4n) is 2.43. The van der Waals surface area contributed by atoms with Gasteiger partial charge in [0.25, 0.3) is 5.56 Å². The van der Waals surface area contributed by atoms with Crippen LogP contribution in [0.1, 0.15) is 32.9 Å². The number of ether oxygens (including phenoxy) is 3. The molecular formula is C14H18N2O7. The number of hydrogen-bond donors (Lipinski definition) is 1. The van der Waals surface area contributed by atoms with Crippen LogP contribution >= 0.6 is 0 Å². The molecule has 0 bridgehead atoms. The van der Waals surface area contributed by atoms with Crippen LogP contribution in [0, 0.1) is 0 Å². The van der Waals surface area contributed by atoms with E-state index < -0.39 is 41.6 Å². The molecule has 0 aromatic carbocycles. The summed E-state index contributed by atoms with van der Waals surface area (Å²) in [7, 11) is 0. The highest BCUT2D eigenvalue weighted by Crippen LogP contribution is 2.28. The zero-order chi connectivity index (χ0) is 17.0. The lowest BCUT2D eigenvalue weighted by atomic mass is 10.0. The van der Waals surface area contributed by atoms with Crippen molar-refractivity contribution < 1.29 is 23.8 Å². The lowest BCUT2D eigenvalue weighted by molar-refractivity contribution is -0.179. The molecule has 1 aliphatic heterocycles. The third-order valence-electron chi connectivity index (χ3n) is 3.31. The van der Waals surface area contributed by atoms with Crippen LogP contribution in [-0.2, 0) is 23.8 Å². The van der Waals surface area contributed by atoms with Crippen molar-refractivity contribution in [3.05, 3.63) is 33.1 Å². The fourth-order valence-corrected chi connectivity index (χ4v) is 2.43. The van der Waals surface area contributed by atoms with Gasteiger partial charge in [0.15, 0.2) is 0 Å². The summed E-state index contributed by atoms with van der Waals surface area (Å²) in [6.45, 7) is 2.55. The number of aromatic amines is 1. The minimum absolute atomic E-state index is 0.0122. The Morgan fingerprint density at radius 1 is 1.30 bits per heavy atom. The number of esters is 2. The number of aromatic nitrogens is 2. The van der Waals surface area contributed by atoms with Crippen molar-refractivity contribution in [2.24, 2.45) is 0 Å². The maximum absolute atomic E-state index is 11.9. The topological polar surface area (TPSA) is 117 Å². The van der Waals surface area contributed by atoms with Crippen LogP contribution < -0.4 is 11.2 Å². The van der Waals surface area contributed by atoms with Gasteiger partial charge in [-0.15, -0.1) is 0 Å². The minimum Gasteiger partial charge on any atom is -0.463 e. The van der Waals surface area contributed by atoms with E-state index in [0.717, 1.165) is 0 Å². The molecule has 23 heavy (non-hydrogen) atoms. The number of carbonyl (C=O) groups excluding carboxylic acids is 2. The van der Waals surface area contributed by atoms with Crippen molar-refractivity contribution >= 4 is 11.9 Å². The van der Waals surface area contributed by atoms with Crippen LogP contribution in [0.25, 0.3) is 0 Å². The second-order valence-corrected chi connectivity index (χ2v) is 5.24. The average Bonchev–Trinajstić information content (AvgIpc) is 2.44. The van der Waals surface area contributed by atoms with E-state index >= 15 is 0 Å². The Morgan fingerprint density at radius 2 is 2.04 bits per heavy atom. The molecule has 1 aromatic heterocycles. The van der Waals surface area contributed by atoms with Gasteiger partial charge in [-0.3, -0.25) is 23.9 Å². The molecule has 0 spiro atoms. The van der Waals surface area contributed by atoms with Crippen molar-refractivity contribution in [1.82, 2.24) is 9.55 Å². The lowest BCUT2D eigenvalue weighted by Crippen LogP contribution is -2.42. The molecule has 3 atom stereocenters. The first kappa shape index (κ1) is 16.9. The number of H-pyrrole nitrogens is 1. The van der Waals surface area contributed by atoms with E-state index in [4.69, 9.17) is 14.2 Å². The molecule has 0 aliphatic carbocycles. The van der Waals surface area contributed by atoms with Crippen LogP contribution in [0.5, 0.6) is 0 Å². The zero-order valence-electron chi connectivity index (χ0n) is 12.8. The van der Waals surface area contributed by atoms with Crippen molar-refractivity contribution in [3.8, 4) is 0 Å². The molecular weight excluding hydrogens is 308 g/mol. The van der Waals surface area contributed by atoms with Crippen LogP contribution in [0.3, 0.4) is 0 Å². The molecule has 0 saturated carbocycles. The number of carbonyl (C=O) groups is 2. The SMILES string of the molecule is CC(=O)OCC1CC(OC(C)=O)CC(n2ccc(=O)[nH]c2=O)O1. The third kappa shape index (κ3) is 4.78. The van der Waals surface area contributed by atoms with Gasteiger partial charge in [-0.2, -0.15) is 0 Å². The summed E-state index contributed by atoms with van der Waals surface area (Å²) in [5.74, 6) is -0.906. The normalized spacial score (nSPS) is 24.0. The maximum atomic E-state index is 11.9. The standard InChI is InChI=1S/C14H18N2O7/c1-8(17)21-7-11-5-10(22-9(2)18)6-13(23-11)16-4-3-12(19)15-14(16)20/h3-4,10-11,13H,5-7H2,1-2H3,(H,15,19,20). The van der Waals surface area contributed by atoms with Gasteiger partial charge in [-0.05, 0) is 0 Å². The second kappa shape index (κ2) is 7.23. The van der Waals surface area contributed by atoms with E-state index in [1.165, 1.54) is 30.7 Å². The highest BCUT2D eigenvalue weighted by molar-refractivity contribution is 5.66. The largest absolute Gasteiger partial charge is 0.463 e. The summed E-state index contributed by atoms with van der Waals surface area (Å²) < 4.78 is 17.0. The van der Waals surface area contributed by atoms with Crippen LogP contribution in [0.2, 0.25) is 0 Å². The van der Waals surface area contributed by atoms with Crippen molar-refractivity contribution in [2.45, 2.75) is 45.1 Å². The molecule has 9 nitrogen and oxygen atoms in total. The van der Waals surface area contributed by atoms with E-state index in [0.29, 0.717) is 6.42 Å². The first-order valence-electron chi connectivity index (χ1n) is 7.12. The molecule has 1 N–H and O–H groups in total. The summed E-state index contributed by atoms with van der Waals surface area (Å²) in [4.78, 5) is 47.3. The maximum Gasteiger partial charge on any atom is 0.330 e. The van der Waals surface area contributed by atoms with Gasteiger partial charge in [0.2, 0.25) is 0 Å². The first-order chi connectivity index (χ1) is 10.8. The number of nitrogens with one attached hydrogen (secondary N) is 1. The molecule has 0 amide bonds. The van der Waals surface area contributed by atoms with Crippen LogP contribution in [0.15, 0.2) is 21.9 Å². The molecule has 9 heteroatoms. The Hall–Kier alpha value is -2.42. The molecule has 0 radical (unpaired) electrons. The molecule has 1 fully saturated rings. The van der Waals surface area contributed by atoms with E-state index in [2.05, 4.69) is 4.98 Å². The number of nitrogens with zero attached hydrogens (tertiary/aromatic N) is 1. The van der Waals surface area contributed by atoms with Gasteiger partial charge in [-0.25, -0.2) is 4.79 Å². The minimum atomic E-state index is -0.738. The van der Waals surface area contributed by atoms with Crippen LogP contribution in [0.4, 0.5) is 0 Å². The van der Waals surface area contributed by atoms with Crippen molar-refractivity contribution in [2.75, 3.05) is 6.61 Å². The Kier molecular flexibility index (Phi) is 5.32. The molecule has 1 saturated heterocycles. The Balaban J connectivity index is 2.19. The Bertz CT molecular complexity index is 693. The Morgan fingerprint density at radius 3 is 2.65 bits per heavy atom. The summed E-state index contributed by atoms with van der Waals surface area (Å²) >= 11 is 0. The van der Waals surface area contributed by atoms with E-state index in [1.54, 1.807) is 0 Å². The molecule has 2 rings (SSSR count). The highest BCUT2D eigenvalue weighted by Gasteiger charge is 2.33. The molecule has 2 heterocycles. The Labute approximate surface area is 131 Å². The summed E-state index contributed by atoms with van der Waals surface area (Å²) in [6, 6.07) is 1.20. The van der Waals surface area contributed by atoms with Gasteiger partial charge in [-0.1, -0.05) is 0 Å². The molecule has 1 aromatic rings. The van der Waals surface area contributed by atoms with Crippen molar-refractivity contribution in [3.63, 3.8) is 0 Å². The zero-order valence-corrected chi connectivity index (χ0v) is 12.8. The van der Waals surface area contributed by atoms with E-state index in [-0.39, 0.29) is 13.0 Å². The quantitative estimate of drug-likeness (QED) is 0.755. The summed E-state index contributed by atoms with van der Waals surface area (Å²) in [6.07, 6.45) is 0.165. The van der Waals surface area contributed by atoms with Gasteiger partial charge >= 0.3 is 17.6 Å². The molecule has 1 aliphatic rings. The first-order valence-corrected chi connectivity index (χ1v) is 7.12. The third-order valence-corrected chi connectivity index (χ3v) is 3.31. The van der Waals surface area contributed by atoms with Gasteiger partial charge in [0, 0.05) is 39.0 Å². The molecule has 3 unspecified atom stereocenters. The second-order valence-electron chi connectivity index (χ2n) is 5.24. The van der Waals surface area contributed by atoms with E-state index in [1.807, 2.05) is 0 Å². The van der Waals surface area contributed by atoms with E-state index in [9.17, 15) is 19.2 Å². The van der Waals surface area contributed by atoms with Crippen molar-refractivity contribution in [1.29, 1.82) is 0 Å². The molecule has 126 valence electrons. The number of rotatable bonds is 4. The predicted octanol–water partition coefficient (Wildman–Crippen LogP) is -0.291. The lowest BCUT2D eigenvalue weighted by Gasteiger charge is -2.35. The smallest absolute Gasteiger partial charge is 0.330 e. The number of hydrogen-bond acceptors (Lipinski definition) is 7. The summed E-state index contributed by atoms with van der Waals surface area (Å²) in [5, 5.41) is 0. The van der Waals surface area contributed by atoms with Crippen LogP contribution in [-0.4, -0.2) is 40.3 Å². The fraction of sp³-hybridized carbons (Fsp3) is 0.571. The average molecular weight is 326 g/mol. The predicted molar refractivity (Wildman–Crippen MR) is 76.7 cm³/mol.